The van der Waals surface area contributed by atoms with E-state index in [4.69, 9.17) is 14.6 Å². The van der Waals surface area contributed by atoms with Crippen molar-refractivity contribution in [3.8, 4) is 23.0 Å². The molecule has 2 fully saturated rings. The summed E-state index contributed by atoms with van der Waals surface area (Å²) < 4.78 is 12.8. The molecule has 8 heteroatoms. The molecule has 0 radical (unpaired) electrons. The van der Waals surface area contributed by atoms with E-state index in [1.807, 2.05) is 35.3 Å². The van der Waals surface area contributed by atoms with Crippen molar-refractivity contribution in [2.45, 2.75) is 31.5 Å². The second kappa shape index (κ2) is 7.37. The number of anilines is 1. The fourth-order valence-corrected chi connectivity index (χ4v) is 4.36. The molecule has 0 spiro atoms. The highest BCUT2D eigenvalue weighted by Crippen LogP contribution is 2.34. The fraction of sp³-hybridized carbons (Fsp3) is 0.409. The molecule has 0 aliphatic carbocycles. The van der Waals surface area contributed by atoms with E-state index < -0.39 is 0 Å². The lowest BCUT2D eigenvalue weighted by Gasteiger charge is -2.37. The maximum absolute atomic E-state index is 5.74. The SMILES string of the molecule is c1cnc2c(c1)-c1nn(-c3ccc(N4CCC(NC5COC5)CC4)cn3)cc1CO2. The first kappa shape index (κ1) is 17.9. The Balaban J connectivity index is 1.15. The average molecular weight is 404 g/mol. The van der Waals surface area contributed by atoms with E-state index in [9.17, 15) is 0 Å². The Morgan fingerprint density at radius 1 is 1.03 bits per heavy atom. The highest BCUT2D eigenvalue weighted by atomic mass is 16.5. The van der Waals surface area contributed by atoms with Crippen LogP contribution in [0.3, 0.4) is 0 Å². The normalized spacial score (nSPS) is 19.0. The van der Waals surface area contributed by atoms with Gasteiger partial charge in [0.25, 0.3) is 0 Å². The molecule has 30 heavy (non-hydrogen) atoms. The van der Waals surface area contributed by atoms with Crippen LogP contribution in [-0.4, -0.2) is 58.1 Å². The molecular weight excluding hydrogens is 380 g/mol. The molecule has 3 aromatic rings. The summed E-state index contributed by atoms with van der Waals surface area (Å²) in [4.78, 5) is 11.4. The molecule has 3 aromatic heterocycles. The van der Waals surface area contributed by atoms with Crippen LogP contribution in [0.4, 0.5) is 5.69 Å². The van der Waals surface area contributed by atoms with Gasteiger partial charge < -0.3 is 19.7 Å². The maximum atomic E-state index is 5.74. The Bertz CT molecular complexity index is 1040. The number of fused-ring (bicyclic) bond motifs is 3. The molecule has 0 aromatic carbocycles. The lowest BCUT2D eigenvalue weighted by atomic mass is 10.0. The summed E-state index contributed by atoms with van der Waals surface area (Å²) in [6, 6.07) is 9.22. The van der Waals surface area contributed by atoms with Crippen LogP contribution in [0.1, 0.15) is 18.4 Å². The van der Waals surface area contributed by atoms with Crippen LogP contribution in [0.15, 0.2) is 42.9 Å². The molecule has 6 rings (SSSR count). The maximum Gasteiger partial charge on any atom is 0.223 e. The van der Waals surface area contributed by atoms with Crippen LogP contribution in [-0.2, 0) is 11.3 Å². The zero-order chi connectivity index (χ0) is 19.9. The van der Waals surface area contributed by atoms with Crippen LogP contribution in [0.25, 0.3) is 17.1 Å². The zero-order valence-electron chi connectivity index (χ0n) is 16.7. The first-order chi connectivity index (χ1) is 14.8. The Hall–Kier alpha value is -2.97. The molecule has 0 unspecified atom stereocenters. The van der Waals surface area contributed by atoms with Gasteiger partial charge in [0.2, 0.25) is 5.88 Å². The van der Waals surface area contributed by atoms with Gasteiger partial charge in [-0.05, 0) is 37.1 Å². The van der Waals surface area contributed by atoms with Gasteiger partial charge in [0.1, 0.15) is 12.3 Å². The van der Waals surface area contributed by atoms with Crippen molar-refractivity contribution in [1.29, 1.82) is 0 Å². The third-order valence-corrected chi connectivity index (χ3v) is 6.12. The minimum absolute atomic E-state index is 0.480. The van der Waals surface area contributed by atoms with E-state index in [-0.39, 0.29) is 0 Å². The number of hydrogen-bond donors (Lipinski definition) is 1. The number of nitrogens with zero attached hydrogens (tertiary/aromatic N) is 5. The van der Waals surface area contributed by atoms with Gasteiger partial charge in [0.05, 0.1) is 36.7 Å². The van der Waals surface area contributed by atoms with Gasteiger partial charge in [-0.2, -0.15) is 5.10 Å². The molecule has 0 saturated carbocycles. The van der Waals surface area contributed by atoms with Gasteiger partial charge in [-0.1, -0.05) is 0 Å². The van der Waals surface area contributed by atoms with Crippen molar-refractivity contribution >= 4 is 5.69 Å². The second-order valence-electron chi connectivity index (χ2n) is 8.13. The van der Waals surface area contributed by atoms with Gasteiger partial charge in [-0.15, -0.1) is 0 Å². The Labute approximate surface area is 174 Å². The lowest BCUT2D eigenvalue weighted by Crippen LogP contribution is -2.53. The molecule has 0 atom stereocenters. The number of pyridine rings is 2. The van der Waals surface area contributed by atoms with E-state index in [1.165, 1.54) is 5.69 Å². The van der Waals surface area contributed by atoms with Crippen LogP contribution in [0, 0.1) is 0 Å². The minimum Gasteiger partial charge on any atom is -0.472 e. The number of piperidine rings is 1. The van der Waals surface area contributed by atoms with Gasteiger partial charge in [-0.3, -0.25) is 0 Å². The first-order valence-electron chi connectivity index (χ1n) is 10.6. The fourth-order valence-electron chi connectivity index (χ4n) is 4.36. The van der Waals surface area contributed by atoms with Crippen molar-refractivity contribution in [2.75, 3.05) is 31.2 Å². The van der Waals surface area contributed by atoms with E-state index in [1.54, 1.807) is 6.20 Å². The Morgan fingerprint density at radius 2 is 1.93 bits per heavy atom. The Morgan fingerprint density at radius 3 is 2.70 bits per heavy atom. The molecule has 3 aliphatic heterocycles. The first-order valence-corrected chi connectivity index (χ1v) is 10.6. The number of aromatic nitrogens is 4. The molecule has 3 aliphatic rings. The topological polar surface area (TPSA) is 77.3 Å². The number of ether oxygens (including phenoxy) is 2. The molecule has 0 amide bonds. The van der Waals surface area contributed by atoms with E-state index >= 15 is 0 Å². The van der Waals surface area contributed by atoms with Crippen LogP contribution >= 0.6 is 0 Å². The second-order valence-corrected chi connectivity index (χ2v) is 8.13. The zero-order valence-corrected chi connectivity index (χ0v) is 16.7. The van der Waals surface area contributed by atoms with Crippen LogP contribution < -0.4 is 15.0 Å². The van der Waals surface area contributed by atoms with E-state index in [2.05, 4.69) is 26.3 Å². The third kappa shape index (κ3) is 3.22. The summed E-state index contributed by atoms with van der Waals surface area (Å²) in [6.45, 7) is 4.29. The molecule has 6 heterocycles. The minimum atomic E-state index is 0.480. The highest BCUT2D eigenvalue weighted by Gasteiger charge is 2.26. The largest absolute Gasteiger partial charge is 0.472 e. The number of rotatable bonds is 4. The van der Waals surface area contributed by atoms with Crippen molar-refractivity contribution in [3.63, 3.8) is 0 Å². The van der Waals surface area contributed by atoms with Crippen molar-refractivity contribution < 1.29 is 9.47 Å². The summed E-state index contributed by atoms with van der Waals surface area (Å²) in [5, 5.41) is 8.45. The molecule has 2 saturated heterocycles. The molecule has 154 valence electrons. The molecule has 8 nitrogen and oxygen atoms in total. The highest BCUT2D eigenvalue weighted by molar-refractivity contribution is 5.69. The van der Waals surface area contributed by atoms with Crippen molar-refractivity contribution in [3.05, 3.63) is 48.4 Å². The van der Waals surface area contributed by atoms with Gasteiger partial charge in [0.15, 0.2) is 5.82 Å². The predicted octanol–water partition coefficient (Wildman–Crippen LogP) is 2.18. The summed E-state index contributed by atoms with van der Waals surface area (Å²) in [5.41, 5.74) is 4.06. The number of nitrogens with one attached hydrogen (secondary N) is 1. The molecule has 1 N–H and O–H groups in total. The van der Waals surface area contributed by atoms with E-state index in [0.29, 0.717) is 24.6 Å². The number of hydrogen-bond acceptors (Lipinski definition) is 7. The quantitative estimate of drug-likeness (QED) is 0.714. The van der Waals surface area contributed by atoms with E-state index in [0.717, 1.165) is 61.8 Å². The summed E-state index contributed by atoms with van der Waals surface area (Å²) in [6.07, 6.45) is 7.99. The predicted molar refractivity (Wildman–Crippen MR) is 112 cm³/mol. The lowest BCUT2D eigenvalue weighted by molar-refractivity contribution is -0.0111. The monoisotopic (exact) mass is 404 g/mol. The summed E-state index contributed by atoms with van der Waals surface area (Å²) in [5.74, 6) is 1.45. The van der Waals surface area contributed by atoms with Crippen LogP contribution in [0.2, 0.25) is 0 Å². The summed E-state index contributed by atoms with van der Waals surface area (Å²) in [7, 11) is 0. The molecule has 0 bridgehead atoms. The standard InChI is InChI=1S/C22H24N6O2/c1-2-19-21-15(12-30-22(19)23-7-1)11-28(26-21)20-4-3-18(10-24-20)27-8-5-16(6-9-27)25-17-13-29-14-17/h1-4,7,10-11,16-17,25H,5-6,8-9,12-14H2. The molecular formula is C22H24N6O2. The Kier molecular flexibility index (Phi) is 4.39. The summed E-state index contributed by atoms with van der Waals surface area (Å²) >= 11 is 0. The van der Waals surface area contributed by atoms with Gasteiger partial charge in [-0.25, -0.2) is 14.6 Å². The van der Waals surface area contributed by atoms with Crippen LogP contribution in [0.5, 0.6) is 5.88 Å². The van der Waals surface area contributed by atoms with Crippen molar-refractivity contribution in [1.82, 2.24) is 25.1 Å². The van der Waals surface area contributed by atoms with Gasteiger partial charge >= 0.3 is 0 Å². The smallest absolute Gasteiger partial charge is 0.223 e. The van der Waals surface area contributed by atoms with Gasteiger partial charge in [0, 0.05) is 37.1 Å². The average Bonchev–Trinajstić information content (AvgIpc) is 3.22. The third-order valence-electron chi connectivity index (χ3n) is 6.12. The van der Waals surface area contributed by atoms with Crippen molar-refractivity contribution in [2.24, 2.45) is 0 Å².